The molecule has 3 saturated heterocycles. The molecular formula is C56H103NO18. The van der Waals surface area contributed by atoms with Crippen molar-refractivity contribution in [3.05, 3.63) is 24.3 Å². The molecule has 0 bridgehead atoms. The molecule has 3 rings (SSSR count). The first-order valence-electron chi connectivity index (χ1n) is 29.1. The molecule has 3 aliphatic heterocycles. The highest BCUT2D eigenvalue weighted by molar-refractivity contribution is 5.76. The van der Waals surface area contributed by atoms with Gasteiger partial charge in [0.15, 0.2) is 18.9 Å². The summed E-state index contributed by atoms with van der Waals surface area (Å²) in [4.78, 5) is 13.3. The van der Waals surface area contributed by atoms with Crippen LogP contribution in [0.25, 0.3) is 0 Å². The zero-order valence-electron chi connectivity index (χ0n) is 45.5. The molecule has 17 atom stereocenters. The summed E-state index contributed by atoms with van der Waals surface area (Å²) in [6.45, 7) is 1.73. The van der Waals surface area contributed by atoms with Crippen molar-refractivity contribution in [3.8, 4) is 0 Å². The lowest BCUT2D eigenvalue weighted by Gasteiger charge is -2.48. The predicted molar refractivity (Wildman–Crippen MR) is 282 cm³/mol. The van der Waals surface area contributed by atoms with Gasteiger partial charge in [-0.05, 0) is 44.9 Å². The Morgan fingerprint density at radius 3 is 1.36 bits per heavy atom. The average Bonchev–Trinajstić information content (AvgIpc) is 3.41. The van der Waals surface area contributed by atoms with Crippen LogP contribution in [0.5, 0.6) is 0 Å². The van der Waals surface area contributed by atoms with Gasteiger partial charge in [-0.25, -0.2) is 0 Å². The minimum absolute atomic E-state index is 0.250. The Hall–Kier alpha value is -1.73. The summed E-state index contributed by atoms with van der Waals surface area (Å²) < 4.78 is 34.2. The maximum absolute atomic E-state index is 13.3. The quantitative estimate of drug-likeness (QED) is 0.0298. The number of hydrogen-bond acceptors (Lipinski definition) is 18. The normalized spacial score (nSPS) is 31.3. The molecule has 0 saturated carbocycles. The van der Waals surface area contributed by atoms with E-state index in [9.17, 15) is 61.0 Å². The minimum Gasteiger partial charge on any atom is -0.394 e. The highest BCUT2D eigenvalue weighted by Crippen LogP contribution is 2.33. The van der Waals surface area contributed by atoms with Gasteiger partial charge in [0.2, 0.25) is 5.91 Å². The number of hydrogen-bond donors (Lipinski definition) is 12. The lowest BCUT2D eigenvalue weighted by molar-refractivity contribution is -0.379. The predicted octanol–water partition coefficient (Wildman–Crippen LogP) is 4.37. The average molecular weight is 1080 g/mol. The minimum atomic E-state index is -1.97. The Morgan fingerprint density at radius 1 is 0.480 bits per heavy atom. The van der Waals surface area contributed by atoms with Crippen LogP contribution in [-0.2, 0) is 33.2 Å². The van der Waals surface area contributed by atoms with Gasteiger partial charge in [0.05, 0.1) is 38.6 Å². The highest BCUT2D eigenvalue weighted by atomic mass is 16.8. The van der Waals surface area contributed by atoms with Crippen LogP contribution in [0.15, 0.2) is 24.3 Å². The Kier molecular flexibility index (Phi) is 36.4. The molecule has 0 aromatic heterocycles. The standard InChI is InChI=1S/C56H103NO18/c1-3-5-7-9-11-13-14-15-16-17-18-19-20-21-22-23-24-26-28-30-32-34-44(62)57-39(40(61)33-31-29-27-25-12-10-8-6-4-2)38-70-54-50(68)47(65)52(42(36-59)72-54)75-56-51(69)48(66)53(43(37-60)73-56)74-55-49(67)46(64)45(63)41(35-58)71-55/h14-15,17-18,39-43,45-56,58-61,63-69H,3-13,16,19-38H2,1-2H3,(H,57,62)/b15-14-,18-17-. The second kappa shape index (κ2) is 40.4. The SMILES string of the molecule is CCCCCCC/C=C\C/C=C\CCCCCCCCCCCC(=O)NC(COC1OC(CO)C(OC2OC(CO)C(OC3OC(CO)C(O)C(O)C3O)C(O)C2O)C(O)C1O)C(O)CCCCCCCCCCC. The van der Waals surface area contributed by atoms with Crippen LogP contribution >= 0.6 is 0 Å². The van der Waals surface area contributed by atoms with Crippen molar-refractivity contribution >= 4 is 5.91 Å². The summed E-state index contributed by atoms with van der Waals surface area (Å²) in [5, 5.41) is 120. The molecule has 0 spiro atoms. The number of amides is 1. The molecule has 0 aliphatic carbocycles. The third kappa shape index (κ3) is 25.1. The molecule has 17 unspecified atom stereocenters. The molecular weight excluding hydrogens is 975 g/mol. The fourth-order valence-corrected chi connectivity index (χ4v) is 9.93. The van der Waals surface area contributed by atoms with Crippen molar-refractivity contribution in [3.63, 3.8) is 0 Å². The van der Waals surface area contributed by atoms with E-state index >= 15 is 0 Å². The maximum Gasteiger partial charge on any atom is 0.220 e. The molecule has 0 aromatic rings. The Bertz CT molecular complexity index is 1480. The van der Waals surface area contributed by atoms with Gasteiger partial charge >= 0.3 is 0 Å². The van der Waals surface area contributed by atoms with E-state index in [2.05, 4.69) is 43.5 Å². The van der Waals surface area contributed by atoms with E-state index in [1.165, 1.54) is 103 Å². The largest absolute Gasteiger partial charge is 0.394 e. The number of nitrogens with one attached hydrogen (secondary N) is 1. The molecule has 75 heavy (non-hydrogen) atoms. The smallest absolute Gasteiger partial charge is 0.220 e. The monoisotopic (exact) mass is 1080 g/mol. The number of aliphatic hydroxyl groups is 11. The van der Waals surface area contributed by atoms with Crippen molar-refractivity contribution < 1.29 is 89.4 Å². The van der Waals surface area contributed by atoms with E-state index in [-0.39, 0.29) is 18.9 Å². The number of allylic oxidation sites excluding steroid dienone is 4. The molecule has 19 nitrogen and oxygen atoms in total. The van der Waals surface area contributed by atoms with Gasteiger partial charge in [0, 0.05) is 6.42 Å². The summed E-state index contributed by atoms with van der Waals surface area (Å²) in [6, 6.07) is -0.885. The number of unbranched alkanes of at least 4 members (excludes halogenated alkanes) is 22. The van der Waals surface area contributed by atoms with Crippen molar-refractivity contribution in [2.45, 2.75) is 298 Å². The van der Waals surface area contributed by atoms with Gasteiger partial charge in [0.25, 0.3) is 0 Å². The highest BCUT2D eigenvalue weighted by Gasteiger charge is 2.53. The molecule has 3 aliphatic rings. The van der Waals surface area contributed by atoms with Gasteiger partial charge in [-0.2, -0.15) is 0 Å². The van der Waals surface area contributed by atoms with Crippen LogP contribution in [0.4, 0.5) is 0 Å². The summed E-state index contributed by atoms with van der Waals surface area (Å²) in [5.41, 5.74) is 0. The summed E-state index contributed by atoms with van der Waals surface area (Å²) in [6.07, 6.45) is 12.9. The molecule has 0 radical (unpaired) electrons. The third-order valence-electron chi connectivity index (χ3n) is 14.8. The van der Waals surface area contributed by atoms with E-state index in [0.717, 1.165) is 57.8 Å². The zero-order chi connectivity index (χ0) is 54.8. The van der Waals surface area contributed by atoms with Gasteiger partial charge in [0.1, 0.15) is 73.2 Å². The molecule has 0 aromatic carbocycles. The first-order valence-corrected chi connectivity index (χ1v) is 29.1. The molecule has 440 valence electrons. The topological polar surface area (TPSA) is 307 Å². The third-order valence-corrected chi connectivity index (χ3v) is 14.8. The van der Waals surface area contributed by atoms with Crippen LogP contribution in [-0.4, -0.2) is 193 Å². The summed E-state index contributed by atoms with van der Waals surface area (Å²) in [5.74, 6) is -0.250. The van der Waals surface area contributed by atoms with E-state index in [1.807, 2.05) is 0 Å². The van der Waals surface area contributed by atoms with Crippen molar-refractivity contribution in [1.29, 1.82) is 0 Å². The number of carbonyl (C=O) groups excluding carboxylic acids is 1. The lowest BCUT2D eigenvalue weighted by Crippen LogP contribution is -2.66. The summed E-state index contributed by atoms with van der Waals surface area (Å²) >= 11 is 0. The van der Waals surface area contributed by atoms with E-state index in [0.29, 0.717) is 12.8 Å². The van der Waals surface area contributed by atoms with Crippen LogP contribution in [0.2, 0.25) is 0 Å². The van der Waals surface area contributed by atoms with Crippen LogP contribution in [0, 0.1) is 0 Å². The van der Waals surface area contributed by atoms with Crippen LogP contribution in [0.1, 0.15) is 194 Å². The Balaban J connectivity index is 1.46. The van der Waals surface area contributed by atoms with Gasteiger partial charge < -0.3 is 89.9 Å². The lowest BCUT2D eigenvalue weighted by atomic mass is 9.96. The number of ether oxygens (including phenoxy) is 6. The van der Waals surface area contributed by atoms with Crippen molar-refractivity contribution in [2.75, 3.05) is 26.4 Å². The van der Waals surface area contributed by atoms with Crippen molar-refractivity contribution in [2.24, 2.45) is 0 Å². The van der Waals surface area contributed by atoms with Crippen molar-refractivity contribution in [1.82, 2.24) is 5.32 Å². The van der Waals surface area contributed by atoms with E-state index in [4.69, 9.17) is 28.4 Å². The number of aliphatic hydroxyl groups excluding tert-OH is 11. The fraction of sp³-hybridized carbons (Fsp3) is 0.911. The molecule has 12 N–H and O–H groups in total. The first-order chi connectivity index (χ1) is 36.3. The molecule has 19 heteroatoms. The second-order valence-corrected chi connectivity index (χ2v) is 21.1. The van der Waals surface area contributed by atoms with Crippen LogP contribution in [0.3, 0.4) is 0 Å². The molecule has 3 heterocycles. The second-order valence-electron chi connectivity index (χ2n) is 21.1. The van der Waals surface area contributed by atoms with Gasteiger partial charge in [-0.3, -0.25) is 4.79 Å². The van der Waals surface area contributed by atoms with E-state index in [1.54, 1.807) is 0 Å². The Labute approximate surface area is 448 Å². The Morgan fingerprint density at radius 2 is 0.880 bits per heavy atom. The van der Waals surface area contributed by atoms with Gasteiger partial charge in [-0.1, -0.05) is 167 Å². The molecule has 1 amide bonds. The summed E-state index contributed by atoms with van der Waals surface area (Å²) in [7, 11) is 0. The maximum atomic E-state index is 13.3. The fourth-order valence-electron chi connectivity index (χ4n) is 9.93. The van der Waals surface area contributed by atoms with Crippen LogP contribution < -0.4 is 5.32 Å². The zero-order valence-corrected chi connectivity index (χ0v) is 45.5. The number of rotatable bonds is 42. The van der Waals surface area contributed by atoms with Gasteiger partial charge in [-0.15, -0.1) is 0 Å². The number of carbonyl (C=O) groups is 1. The molecule has 3 fully saturated rings. The van der Waals surface area contributed by atoms with E-state index < -0.39 is 124 Å². The first kappa shape index (κ1) is 67.5.